The van der Waals surface area contributed by atoms with Gasteiger partial charge in [-0.2, -0.15) is 5.10 Å². The second kappa shape index (κ2) is 5.78. The van der Waals surface area contributed by atoms with Crippen LogP contribution in [0.15, 0.2) is 60.2 Å². The van der Waals surface area contributed by atoms with Crippen molar-refractivity contribution < 1.29 is 4.79 Å². The molecule has 3 aromatic heterocycles. The third-order valence-electron chi connectivity index (χ3n) is 4.83. The van der Waals surface area contributed by atoms with Crippen LogP contribution in [0.25, 0.3) is 16.2 Å². The molecule has 1 aliphatic rings. The van der Waals surface area contributed by atoms with Crippen LogP contribution in [-0.2, 0) is 6.42 Å². The molecular formula is C20H16N4OS. The molecule has 1 amide bonds. The van der Waals surface area contributed by atoms with Crippen LogP contribution in [0, 0.1) is 0 Å². The summed E-state index contributed by atoms with van der Waals surface area (Å²) in [5.41, 5.74) is 4.26. The molecule has 0 N–H and O–H groups in total. The molecule has 128 valence electrons. The Morgan fingerprint density at radius 2 is 2.08 bits per heavy atom. The average molecular weight is 360 g/mol. The van der Waals surface area contributed by atoms with E-state index in [1.54, 1.807) is 28.2 Å². The Labute approximate surface area is 154 Å². The van der Waals surface area contributed by atoms with E-state index in [4.69, 9.17) is 0 Å². The van der Waals surface area contributed by atoms with Gasteiger partial charge < -0.3 is 4.90 Å². The van der Waals surface area contributed by atoms with Crippen molar-refractivity contribution in [3.8, 4) is 10.6 Å². The first-order valence-corrected chi connectivity index (χ1v) is 9.40. The van der Waals surface area contributed by atoms with E-state index in [-0.39, 0.29) is 11.9 Å². The summed E-state index contributed by atoms with van der Waals surface area (Å²) in [5.74, 6) is -0.0479. The number of aromatic nitrogens is 3. The Balaban J connectivity index is 1.62. The molecule has 5 nitrogen and oxygen atoms in total. The molecule has 0 aliphatic carbocycles. The summed E-state index contributed by atoms with van der Waals surface area (Å²) in [6.07, 6.45) is 4.24. The highest BCUT2D eigenvalue weighted by molar-refractivity contribution is 7.13. The number of benzene rings is 1. The Morgan fingerprint density at radius 1 is 1.19 bits per heavy atom. The van der Waals surface area contributed by atoms with Crippen molar-refractivity contribution in [2.45, 2.75) is 19.4 Å². The number of thiophene rings is 1. The van der Waals surface area contributed by atoms with Gasteiger partial charge in [0.1, 0.15) is 5.56 Å². The number of para-hydroxylation sites is 1. The number of hydrogen-bond acceptors (Lipinski definition) is 4. The number of fused-ring (bicyclic) bond motifs is 2. The van der Waals surface area contributed by atoms with Crippen LogP contribution in [0.4, 0.5) is 5.69 Å². The van der Waals surface area contributed by atoms with Gasteiger partial charge >= 0.3 is 0 Å². The minimum atomic E-state index is -0.0479. The third-order valence-corrected chi connectivity index (χ3v) is 5.72. The Hall–Kier alpha value is -2.99. The lowest BCUT2D eigenvalue weighted by molar-refractivity contribution is 0.0983. The zero-order chi connectivity index (χ0) is 17.7. The summed E-state index contributed by atoms with van der Waals surface area (Å²) in [7, 11) is 0. The number of rotatable bonds is 2. The van der Waals surface area contributed by atoms with E-state index in [9.17, 15) is 4.79 Å². The van der Waals surface area contributed by atoms with Gasteiger partial charge in [0.15, 0.2) is 5.65 Å². The van der Waals surface area contributed by atoms with E-state index in [0.29, 0.717) is 11.2 Å². The minimum absolute atomic E-state index is 0.0479. The normalized spacial score (nSPS) is 16.2. The maximum absolute atomic E-state index is 13.3. The molecule has 1 aromatic carbocycles. The number of nitrogens with zero attached hydrogens (tertiary/aromatic N) is 4. The highest BCUT2D eigenvalue weighted by atomic mass is 32.1. The Morgan fingerprint density at radius 3 is 2.92 bits per heavy atom. The van der Waals surface area contributed by atoms with Crippen molar-refractivity contribution in [3.05, 3.63) is 71.4 Å². The molecular weight excluding hydrogens is 344 g/mol. The maximum atomic E-state index is 13.3. The van der Waals surface area contributed by atoms with Gasteiger partial charge in [-0.15, -0.1) is 11.3 Å². The standard InChI is InChI=1S/C20H16N4OS/c1-13-11-14-5-2-3-6-16(14)23(13)20(25)15-12-22-24-17(8-9-21-19(15)24)18-7-4-10-26-18/h2-10,12-13H,11H2,1H3/t13-/m0/s1. The van der Waals surface area contributed by atoms with Gasteiger partial charge in [0.2, 0.25) is 0 Å². The zero-order valence-corrected chi connectivity index (χ0v) is 15.0. The quantitative estimate of drug-likeness (QED) is 0.542. The highest BCUT2D eigenvalue weighted by Crippen LogP contribution is 2.34. The van der Waals surface area contributed by atoms with Crippen LogP contribution in [0.1, 0.15) is 22.8 Å². The van der Waals surface area contributed by atoms with Crippen LogP contribution in [0.5, 0.6) is 0 Å². The molecule has 0 saturated carbocycles. The number of carbonyl (C=O) groups is 1. The molecule has 0 saturated heterocycles. The lowest BCUT2D eigenvalue weighted by Crippen LogP contribution is -2.35. The molecule has 1 atom stereocenters. The van der Waals surface area contributed by atoms with Crippen molar-refractivity contribution in [2.75, 3.05) is 4.90 Å². The summed E-state index contributed by atoms with van der Waals surface area (Å²) in [5, 5.41) is 6.49. The first kappa shape index (κ1) is 15.3. The van der Waals surface area contributed by atoms with Gasteiger partial charge in [0, 0.05) is 17.9 Å². The molecule has 0 radical (unpaired) electrons. The molecule has 26 heavy (non-hydrogen) atoms. The SMILES string of the molecule is C[C@H]1Cc2ccccc2N1C(=O)c1cnn2c(-c3cccs3)ccnc12. The summed E-state index contributed by atoms with van der Waals surface area (Å²) in [6, 6.07) is 14.2. The van der Waals surface area contributed by atoms with E-state index in [2.05, 4.69) is 23.1 Å². The first-order valence-electron chi connectivity index (χ1n) is 8.52. The monoisotopic (exact) mass is 360 g/mol. The molecule has 1 aliphatic heterocycles. The van der Waals surface area contributed by atoms with E-state index < -0.39 is 0 Å². The third kappa shape index (κ3) is 2.19. The second-order valence-electron chi connectivity index (χ2n) is 6.46. The largest absolute Gasteiger partial charge is 0.305 e. The van der Waals surface area contributed by atoms with Gasteiger partial charge in [-0.3, -0.25) is 4.79 Å². The zero-order valence-electron chi connectivity index (χ0n) is 14.2. The minimum Gasteiger partial charge on any atom is -0.305 e. The molecule has 6 heteroatoms. The number of amides is 1. The second-order valence-corrected chi connectivity index (χ2v) is 7.41. The van der Waals surface area contributed by atoms with Crippen molar-refractivity contribution in [3.63, 3.8) is 0 Å². The number of hydrogen-bond donors (Lipinski definition) is 0. The van der Waals surface area contributed by atoms with Gasteiger partial charge in [0.05, 0.1) is 16.8 Å². The van der Waals surface area contributed by atoms with Crippen LogP contribution in [0.3, 0.4) is 0 Å². The Bertz CT molecular complexity index is 1120. The topological polar surface area (TPSA) is 50.5 Å². The van der Waals surface area contributed by atoms with E-state index in [0.717, 1.165) is 22.7 Å². The summed E-state index contributed by atoms with van der Waals surface area (Å²) >= 11 is 1.64. The fourth-order valence-corrected chi connectivity index (χ4v) is 4.39. The van der Waals surface area contributed by atoms with Crippen molar-refractivity contribution in [1.29, 1.82) is 0 Å². The maximum Gasteiger partial charge on any atom is 0.264 e. The van der Waals surface area contributed by atoms with E-state index >= 15 is 0 Å². The lowest BCUT2D eigenvalue weighted by Gasteiger charge is -2.22. The van der Waals surface area contributed by atoms with Gasteiger partial charge in [-0.1, -0.05) is 24.3 Å². The van der Waals surface area contributed by atoms with Crippen molar-refractivity contribution in [2.24, 2.45) is 0 Å². The predicted octanol–water partition coefficient (Wildman–Crippen LogP) is 4.05. The van der Waals surface area contributed by atoms with Crippen LogP contribution in [0.2, 0.25) is 0 Å². The Kier molecular flexibility index (Phi) is 3.39. The fraction of sp³-hybridized carbons (Fsp3) is 0.150. The molecule has 0 bridgehead atoms. The first-order chi connectivity index (χ1) is 12.7. The van der Waals surface area contributed by atoms with Gasteiger partial charge in [0.25, 0.3) is 5.91 Å². The number of anilines is 1. The number of carbonyl (C=O) groups excluding carboxylic acids is 1. The van der Waals surface area contributed by atoms with Gasteiger partial charge in [-0.05, 0) is 42.5 Å². The average Bonchev–Trinajstić information content (AvgIpc) is 3.38. The van der Waals surface area contributed by atoms with E-state index in [1.165, 1.54) is 5.56 Å². The van der Waals surface area contributed by atoms with Crippen LogP contribution >= 0.6 is 11.3 Å². The molecule has 4 aromatic rings. The van der Waals surface area contributed by atoms with E-state index in [1.807, 2.05) is 46.7 Å². The molecule has 0 fully saturated rings. The molecule has 5 rings (SSSR count). The smallest absolute Gasteiger partial charge is 0.264 e. The van der Waals surface area contributed by atoms with Crippen LogP contribution in [-0.4, -0.2) is 26.5 Å². The summed E-state index contributed by atoms with van der Waals surface area (Å²) in [4.78, 5) is 20.7. The summed E-state index contributed by atoms with van der Waals surface area (Å²) in [6.45, 7) is 2.08. The van der Waals surface area contributed by atoms with Gasteiger partial charge in [-0.25, -0.2) is 9.50 Å². The fourth-order valence-electron chi connectivity index (χ4n) is 3.66. The molecule has 4 heterocycles. The lowest BCUT2D eigenvalue weighted by atomic mass is 10.1. The summed E-state index contributed by atoms with van der Waals surface area (Å²) < 4.78 is 1.76. The van der Waals surface area contributed by atoms with Crippen molar-refractivity contribution in [1.82, 2.24) is 14.6 Å². The molecule has 0 spiro atoms. The molecule has 0 unspecified atom stereocenters. The highest BCUT2D eigenvalue weighted by Gasteiger charge is 2.33. The van der Waals surface area contributed by atoms with Crippen molar-refractivity contribution >= 4 is 28.6 Å². The predicted molar refractivity (Wildman–Crippen MR) is 103 cm³/mol. The van der Waals surface area contributed by atoms with Crippen LogP contribution < -0.4 is 4.90 Å².